The van der Waals surface area contributed by atoms with Crippen LogP contribution in [0.15, 0.2) is 34.3 Å². The predicted octanol–water partition coefficient (Wildman–Crippen LogP) is 10.3. The molecule has 1 aliphatic carbocycles. The predicted molar refractivity (Wildman–Crippen MR) is 178 cm³/mol. The van der Waals surface area contributed by atoms with Crippen LogP contribution in [0.3, 0.4) is 0 Å². The van der Waals surface area contributed by atoms with Gasteiger partial charge >= 0.3 is 0 Å². The minimum atomic E-state index is 0.0942. The summed E-state index contributed by atoms with van der Waals surface area (Å²) in [6.07, 6.45) is 9.01. The zero-order valence-corrected chi connectivity index (χ0v) is 28.3. The second-order valence-electron chi connectivity index (χ2n) is 16.5. The van der Waals surface area contributed by atoms with Crippen molar-refractivity contribution < 1.29 is 0 Å². The van der Waals surface area contributed by atoms with Crippen LogP contribution >= 0.6 is 0 Å². The molecule has 0 aromatic heterocycles. The Labute approximate surface area is 247 Å². The summed E-state index contributed by atoms with van der Waals surface area (Å²) in [7, 11) is 0. The van der Waals surface area contributed by atoms with Crippen LogP contribution in [0.5, 0.6) is 0 Å². The van der Waals surface area contributed by atoms with Crippen molar-refractivity contribution in [2.45, 2.75) is 156 Å². The highest BCUT2D eigenvalue weighted by Crippen LogP contribution is 2.35. The molecule has 1 saturated carbocycles. The maximum atomic E-state index is 5.25. The number of aliphatic imine (C=N–C) groups is 2. The molecular weight excluding hydrogens is 484 g/mol. The van der Waals surface area contributed by atoms with E-state index in [1.807, 2.05) is 0 Å². The number of benzene rings is 2. The summed E-state index contributed by atoms with van der Waals surface area (Å²) in [6.45, 7) is 32.3. The molecule has 2 aromatic rings. The number of nitrogens with zero attached hydrogens (tertiary/aromatic N) is 2. The van der Waals surface area contributed by atoms with E-state index in [2.05, 4.69) is 134 Å². The van der Waals surface area contributed by atoms with E-state index in [-0.39, 0.29) is 33.7 Å². The highest BCUT2D eigenvalue weighted by Gasteiger charge is 2.27. The molecule has 0 spiro atoms. The lowest BCUT2D eigenvalue weighted by molar-refractivity contribution is 0.390. The summed E-state index contributed by atoms with van der Waals surface area (Å²) in [4.78, 5) is 10.5. The zero-order valence-electron chi connectivity index (χ0n) is 28.3. The Morgan fingerprint density at radius 1 is 0.525 bits per heavy atom. The van der Waals surface area contributed by atoms with E-state index in [0.29, 0.717) is 0 Å². The van der Waals surface area contributed by atoms with E-state index >= 15 is 0 Å². The molecular formula is C38H58N2. The van der Waals surface area contributed by atoms with E-state index in [9.17, 15) is 0 Å². The Morgan fingerprint density at radius 3 is 1.12 bits per heavy atom. The first-order valence-corrected chi connectivity index (χ1v) is 15.6. The Bertz CT molecular complexity index is 1150. The summed E-state index contributed by atoms with van der Waals surface area (Å²) in [5.41, 5.74) is 11.2. The first kappa shape index (κ1) is 32.3. The molecule has 0 aliphatic heterocycles. The first-order chi connectivity index (χ1) is 18.2. The van der Waals surface area contributed by atoms with Crippen molar-refractivity contribution in [3.05, 3.63) is 68.8 Å². The van der Waals surface area contributed by atoms with E-state index in [4.69, 9.17) is 9.98 Å². The summed E-state index contributed by atoms with van der Waals surface area (Å²) in [5, 5.41) is 0. The average molecular weight is 543 g/mol. The Morgan fingerprint density at radius 2 is 0.850 bits per heavy atom. The summed E-state index contributed by atoms with van der Waals surface area (Å²) < 4.78 is 0. The molecule has 2 atom stereocenters. The highest BCUT2D eigenvalue weighted by molar-refractivity contribution is 5.84. The van der Waals surface area contributed by atoms with Crippen molar-refractivity contribution in [2.75, 3.05) is 0 Å². The number of rotatable bonds is 4. The van der Waals surface area contributed by atoms with Gasteiger partial charge in [-0.05, 0) is 105 Å². The minimum Gasteiger partial charge on any atom is -0.287 e. The third kappa shape index (κ3) is 7.74. The number of hydrogen-bond acceptors (Lipinski definition) is 2. The maximum Gasteiger partial charge on any atom is 0.0723 e. The minimum absolute atomic E-state index is 0.0942. The maximum absolute atomic E-state index is 5.25. The van der Waals surface area contributed by atoms with E-state index < -0.39 is 0 Å². The van der Waals surface area contributed by atoms with Crippen LogP contribution in [0.25, 0.3) is 0 Å². The molecule has 0 amide bonds. The molecule has 0 N–H and O–H groups in total. The van der Waals surface area contributed by atoms with Crippen LogP contribution in [-0.4, -0.2) is 24.5 Å². The molecule has 0 bridgehead atoms. The largest absolute Gasteiger partial charge is 0.287 e. The summed E-state index contributed by atoms with van der Waals surface area (Å²) in [6, 6.07) is 10.0. The number of hydrogen-bond donors (Lipinski definition) is 0. The zero-order chi connectivity index (χ0) is 30.3. The highest BCUT2D eigenvalue weighted by atomic mass is 14.9. The van der Waals surface area contributed by atoms with E-state index in [1.165, 1.54) is 57.3 Å². The smallest absolute Gasteiger partial charge is 0.0723 e. The lowest BCUT2D eigenvalue weighted by atomic mass is 9.77. The van der Waals surface area contributed by atoms with Gasteiger partial charge in [-0.1, -0.05) is 108 Å². The van der Waals surface area contributed by atoms with E-state index in [0.717, 1.165) is 12.8 Å². The molecule has 40 heavy (non-hydrogen) atoms. The monoisotopic (exact) mass is 542 g/mol. The summed E-state index contributed by atoms with van der Waals surface area (Å²) in [5.74, 6) is 0. The third-order valence-electron chi connectivity index (χ3n) is 8.75. The lowest BCUT2D eigenvalue weighted by Crippen LogP contribution is -2.27. The fourth-order valence-corrected chi connectivity index (χ4v) is 5.96. The van der Waals surface area contributed by atoms with Crippen molar-refractivity contribution in [1.29, 1.82) is 0 Å². The van der Waals surface area contributed by atoms with Crippen molar-refractivity contribution in [1.82, 2.24) is 0 Å². The SMILES string of the molecule is Cc1c(C=N[C@H]2CCCC[C@@H]2N=Cc2cc(C(C)(C)C)cc(C(C)(C)C)c2C)cc(C(C)(C)C)cc1C(C)(C)C. The third-order valence-corrected chi connectivity index (χ3v) is 8.75. The quantitative estimate of drug-likeness (QED) is 0.343. The molecule has 0 unspecified atom stereocenters. The van der Waals surface area contributed by atoms with E-state index in [1.54, 1.807) is 0 Å². The Kier molecular flexibility index (Phi) is 9.35. The fourth-order valence-electron chi connectivity index (χ4n) is 5.96. The Balaban J connectivity index is 2.00. The van der Waals surface area contributed by atoms with Gasteiger partial charge in [-0.3, -0.25) is 9.98 Å². The van der Waals surface area contributed by atoms with Crippen LogP contribution in [0.2, 0.25) is 0 Å². The molecule has 2 heteroatoms. The van der Waals surface area contributed by atoms with Gasteiger partial charge in [-0.2, -0.15) is 0 Å². The van der Waals surface area contributed by atoms with Gasteiger partial charge in [0.15, 0.2) is 0 Å². The molecule has 0 saturated heterocycles. The van der Waals surface area contributed by atoms with Crippen molar-refractivity contribution in [3.63, 3.8) is 0 Å². The molecule has 3 rings (SSSR count). The van der Waals surface area contributed by atoms with Crippen molar-refractivity contribution in [3.8, 4) is 0 Å². The second kappa shape index (κ2) is 11.6. The molecule has 1 fully saturated rings. The fraction of sp³-hybridized carbons (Fsp3) is 0.632. The van der Waals surface area contributed by atoms with Crippen LogP contribution in [0, 0.1) is 13.8 Å². The topological polar surface area (TPSA) is 24.7 Å². The van der Waals surface area contributed by atoms with Gasteiger partial charge in [0.25, 0.3) is 0 Å². The Hall–Kier alpha value is -2.22. The van der Waals surface area contributed by atoms with Gasteiger partial charge in [0, 0.05) is 12.4 Å². The van der Waals surface area contributed by atoms with Crippen LogP contribution < -0.4 is 0 Å². The second-order valence-corrected chi connectivity index (χ2v) is 16.5. The molecule has 220 valence electrons. The van der Waals surface area contributed by atoms with Crippen LogP contribution in [0.4, 0.5) is 0 Å². The summed E-state index contributed by atoms with van der Waals surface area (Å²) >= 11 is 0. The van der Waals surface area contributed by atoms with Gasteiger partial charge in [0.2, 0.25) is 0 Å². The standard InChI is InChI=1S/C38H58N2/c1-25-27(19-29(35(3,4)5)21-31(25)37(9,10)11)23-39-33-17-15-16-18-34(33)40-24-28-20-30(36(6,7)8)22-32(26(28)2)38(12,13)14/h19-24,33-34H,15-18H2,1-14H3/t33-,34-/m0/s1. The van der Waals surface area contributed by atoms with Gasteiger partial charge in [0.1, 0.15) is 0 Å². The van der Waals surface area contributed by atoms with Crippen LogP contribution in [0.1, 0.15) is 153 Å². The molecule has 2 nitrogen and oxygen atoms in total. The first-order valence-electron chi connectivity index (χ1n) is 15.6. The van der Waals surface area contributed by atoms with Crippen LogP contribution in [-0.2, 0) is 21.7 Å². The molecule has 0 radical (unpaired) electrons. The molecule has 2 aromatic carbocycles. The van der Waals surface area contributed by atoms with Gasteiger partial charge in [-0.15, -0.1) is 0 Å². The molecule has 1 aliphatic rings. The van der Waals surface area contributed by atoms with Gasteiger partial charge < -0.3 is 0 Å². The van der Waals surface area contributed by atoms with Gasteiger partial charge in [0.05, 0.1) is 12.1 Å². The average Bonchev–Trinajstić information content (AvgIpc) is 2.80. The normalized spacial score (nSPS) is 19.6. The van der Waals surface area contributed by atoms with Crippen molar-refractivity contribution >= 4 is 12.4 Å². The lowest BCUT2D eigenvalue weighted by Gasteiger charge is -2.29. The van der Waals surface area contributed by atoms with Crippen molar-refractivity contribution in [2.24, 2.45) is 9.98 Å². The van der Waals surface area contributed by atoms with Gasteiger partial charge in [-0.25, -0.2) is 0 Å². The molecule has 0 heterocycles.